The molecule has 0 atom stereocenters. The Hall–Kier alpha value is -2.22. The number of hydrogen-bond acceptors (Lipinski definition) is 2. The van der Waals surface area contributed by atoms with Gasteiger partial charge in [0.25, 0.3) is 0 Å². The van der Waals surface area contributed by atoms with Crippen LogP contribution < -0.4 is 4.74 Å². The van der Waals surface area contributed by atoms with E-state index in [0.717, 1.165) is 28.9 Å². The van der Waals surface area contributed by atoms with Crippen molar-refractivity contribution in [2.24, 2.45) is 0 Å². The van der Waals surface area contributed by atoms with Gasteiger partial charge < -0.3 is 9.15 Å². The molecule has 0 aliphatic heterocycles. The maximum absolute atomic E-state index is 5.80. The first kappa shape index (κ1) is 11.8. The second-order valence-electron chi connectivity index (χ2n) is 4.54. The molecule has 0 aliphatic carbocycles. The molecule has 3 aromatic rings. The van der Waals surface area contributed by atoms with Crippen LogP contribution in [0.2, 0.25) is 0 Å². The molecule has 2 nitrogen and oxygen atoms in total. The van der Waals surface area contributed by atoms with Gasteiger partial charge >= 0.3 is 0 Å². The lowest BCUT2D eigenvalue weighted by atomic mass is 10.2. The summed E-state index contributed by atoms with van der Waals surface area (Å²) in [7, 11) is 0. The standard InChI is InChI=1S/C17H16O2/c1-2-15-10-14-11-16(8-9-17(14)19-15)18-12-13-6-4-3-5-7-13/h3-11H,2,12H2,1H3. The summed E-state index contributed by atoms with van der Waals surface area (Å²) < 4.78 is 11.5. The molecule has 0 saturated heterocycles. The van der Waals surface area contributed by atoms with E-state index in [1.165, 1.54) is 5.56 Å². The Bertz CT molecular complexity index is 668. The van der Waals surface area contributed by atoms with Crippen molar-refractivity contribution in [3.05, 3.63) is 65.9 Å². The molecule has 0 saturated carbocycles. The Labute approximate surface area is 112 Å². The molecule has 1 aromatic heterocycles. The van der Waals surface area contributed by atoms with E-state index in [1.54, 1.807) is 0 Å². The fourth-order valence-corrected chi connectivity index (χ4v) is 2.08. The number of fused-ring (bicyclic) bond motifs is 1. The Morgan fingerprint density at radius 3 is 2.63 bits per heavy atom. The molecule has 1 heterocycles. The summed E-state index contributed by atoms with van der Waals surface area (Å²) in [6.07, 6.45) is 0.912. The van der Waals surface area contributed by atoms with Crippen molar-refractivity contribution in [1.29, 1.82) is 0 Å². The smallest absolute Gasteiger partial charge is 0.134 e. The minimum Gasteiger partial charge on any atom is -0.489 e. The van der Waals surface area contributed by atoms with Crippen LogP contribution in [0, 0.1) is 0 Å². The van der Waals surface area contributed by atoms with Crippen molar-refractivity contribution in [1.82, 2.24) is 0 Å². The van der Waals surface area contributed by atoms with E-state index in [2.05, 4.69) is 25.1 Å². The van der Waals surface area contributed by atoms with Crippen LogP contribution in [0.5, 0.6) is 5.75 Å². The van der Waals surface area contributed by atoms with Crippen molar-refractivity contribution in [3.8, 4) is 5.75 Å². The number of benzene rings is 2. The molecule has 0 unspecified atom stereocenters. The van der Waals surface area contributed by atoms with Gasteiger partial charge in [-0.1, -0.05) is 37.3 Å². The highest BCUT2D eigenvalue weighted by atomic mass is 16.5. The van der Waals surface area contributed by atoms with E-state index < -0.39 is 0 Å². The summed E-state index contributed by atoms with van der Waals surface area (Å²) in [5, 5.41) is 1.10. The molecule has 0 aliphatic rings. The molecule has 96 valence electrons. The highest BCUT2D eigenvalue weighted by molar-refractivity contribution is 5.79. The minimum atomic E-state index is 0.588. The van der Waals surface area contributed by atoms with E-state index >= 15 is 0 Å². The maximum atomic E-state index is 5.80. The van der Waals surface area contributed by atoms with Gasteiger partial charge in [0.2, 0.25) is 0 Å². The van der Waals surface area contributed by atoms with Crippen LogP contribution in [0.15, 0.2) is 59.0 Å². The second-order valence-corrected chi connectivity index (χ2v) is 4.54. The molecule has 0 fully saturated rings. The third kappa shape index (κ3) is 2.63. The van der Waals surface area contributed by atoms with Crippen molar-refractivity contribution in [2.75, 3.05) is 0 Å². The van der Waals surface area contributed by atoms with Gasteiger partial charge in [0.15, 0.2) is 0 Å². The Morgan fingerprint density at radius 2 is 1.84 bits per heavy atom. The average molecular weight is 252 g/mol. The van der Waals surface area contributed by atoms with Gasteiger partial charge in [-0.25, -0.2) is 0 Å². The van der Waals surface area contributed by atoms with E-state index in [1.807, 2.05) is 36.4 Å². The number of rotatable bonds is 4. The van der Waals surface area contributed by atoms with E-state index in [9.17, 15) is 0 Å². The zero-order valence-corrected chi connectivity index (χ0v) is 10.9. The van der Waals surface area contributed by atoms with Crippen LogP contribution >= 0.6 is 0 Å². The van der Waals surface area contributed by atoms with Gasteiger partial charge in [-0.3, -0.25) is 0 Å². The van der Waals surface area contributed by atoms with Gasteiger partial charge in [0.1, 0.15) is 23.7 Å². The fraction of sp³-hybridized carbons (Fsp3) is 0.176. The van der Waals surface area contributed by atoms with Crippen LogP contribution in [0.1, 0.15) is 18.2 Å². The molecule has 2 heteroatoms. The molecule has 19 heavy (non-hydrogen) atoms. The van der Waals surface area contributed by atoms with E-state index in [-0.39, 0.29) is 0 Å². The lowest BCUT2D eigenvalue weighted by Gasteiger charge is -2.05. The monoisotopic (exact) mass is 252 g/mol. The molecule has 0 radical (unpaired) electrons. The molecule has 0 N–H and O–H groups in total. The molecule has 0 spiro atoms. The first-order valence-corrected chi connectivity index (χ1v) is 6.54. The normalized spacial score (nSPS) is 10.8. The van der Waals surface area contributed by atoms with Crippen LogP contribution in [0.3, 0.4) is 0 Å². The van der Waals surface area contributed by atoms with Crippen molar-refractivity contribution in [2.45, 2.75) is 20.0 Å². The summed E-state index contributed by atoms with van der Waals surface area (Å²) >= 11 is 0. The van der Waals surface area contributed by atoms with Gasteiger partial charge in [0, 0.05) is 11.8 Å². The predicted octanol–water partition coefficient (Wildman–Crippen LogP) is 4.57. The number of ether oxygens (including phenoxy) is 1. The average Bonchev–Trinajstić information content (AvgIpc) is 2.88. The molecule has 0 amide bonds. The first-order chi connectivity index (χ1) is 9.35. The van der Waals surface area contributed by atoms with Crippen LogP contribution in [0.4, 0.5) is 0 Å². The molecule has 2 aromatic carbocycles. The predicted molar refractivity (Wildman–Crippen MR) is 76.4 cm³/mol. The third-order valence-electron chi connectivity index (χ3n) is 3.14. The molecular formula is C17H16O2. The van der Waals surface area contributed by atoms with Gasteiger partial charge in [-0.15, -0.1) is 0 Å². The van der Waals surface area contributed by atoms with Crippen LogP contribution in [-0.2, 0) is 13.0 Å². The number of aryl methyl sites for hydroxylation is 1. The largest absolute Gasteiger partial charge is 0.489 e. The second kappa shape index (κ2) is 5.19. The number of hydrogen-bond donors (Lipinski definition) is 0. The zero-order valence-electron chi connectivity index (χ0n) is 10.9. The summed E-state index contributed by atoms with van der Waals surface area (Å²) in [5.41, 5.74) is 2.09. The quantitative estimate of drug-likeness (QED) is 0.678. The zero-order chi connectivity index (χ0) is 13.1. The summed E-state index contributed by atoms with van der Waals surface area (Å²) in [6, 6.07) is 18.2. The maximum Gasteiger partial charge on any atom is 0.134 e. The van der Waals surface area contributed by atoms with Crippen molar-refractivity contribution in [3.63, 3.8) is 0 Å². The van der Waals surface area contributed by atoms with Gasteiger partial charge in [-0.05, 0) is 29.8 Å². The van der Waals surface area contributed by atoms with E-state index in [0.29, 0.717) is 6.61 Å². The van der Waals surface area contributed by atoms with Crippen LogP contribution in [0.25, 0.3) is 11.0 Å². The molecule has 3 rings (SSSR count). The fourth-order valence-electron chi connectivity index (χ4n) is 2.08. The summed E-state index contributed by atoms with van der Waals surface area (Å²) in [5.74, 6) is 1.88. The highest BCUT2D eigenvalue weighted by Crippen LogP contribution is 2.25. The first-order valence-electron chi connectivity index (χ1n) is 6.54. The lowest BCUT2D eigenvalue weighted by Crippen LogP contribution is -1.94. The Balaban J connectivity index is 1.78. The number of furan rings is 1. The molecule has 0 bridgehead atoms. The van der Waals surface area contributed by atoms with Gasteiger partial charge in [0.05, 0.1) is 0 Å². The van der Waals surface area contributed by atoms with Crippen LogP contribution in [-0.4, -0.2) is 0 Å². The van der Waals surface area contributed by atoms with Crippen molar-refractivity contribution >= 4 is 11.0 Å². The SMILES string of the molecule is CCc1cc2cc(OCc3ccccc3)ccc2o1. The molecular weight excluding hydrogens is 236 g/mol. The Kier molecular flexibility index (Phi) is 3.23. The summed E-state index contributed by atoms with van der Waals surface area (Å²) in [4.78, 5) is 0. The minimum absolute atomic E-state index is 0.588. The topological polar surface area (TPSA) is 22.4 Å². The van der Waals surface area contributed by atoms with Gasteiger partial charge in [-0.2, -0.15) is 0 Å². The summed E-state index contributed by atoms with van der Waals surface area (Å²) in [6.45, 7) is 2.68. The lowest BCUT2D eigenvalue weighted by molar-refractivity contribution is 0.306. The van der Waals surface area contributed by atoms with Crippen molar-refractivity contribution < 1.29 is 9.15 Å². The third-order valence-corrected chi connectivity index (χ3v) is 3.14. The Morgan fingerprint density at radius 1 is 1.00 bits per heavy atom. The van der Waals surface area contributed by atoms with E-state index in [4.69, 9.17) is 9.15 Å². The highest BCUT2D eigenvalue weighted by Gasteiger charge is 2.04.